The number of carbonyl (C=O) groups excluding carboxylic acids is 1. The Labute approximate surface area is 108 Å². The maximum Gasteiger partial charge on any atom is 0.223 e. The van der Waals surface area contributed by atoms with Crippen LogP contribution >= 0.6 is 0 Å². The van der Waals surface area contributed by atoms with Gasteiger partial charge in [-0.15, -0.1) is 0 Å². The van der Waals surface area contributed by atoms with Crippen molar-refractivity contribution >= 4 is 5.91 Å². The molecule has 0 radical (unpaired) electrons. The maximum absolute atomic E-state index is 12.0. The minimum absolute atomic E-state index is 0.192. The first-order valence-electron chi connectivity index (χ1n) is 6.79. The van der Waals surface area contributed by atoms with Crippen LogP contribution in [0.25, 0.3) is 0 Å². The minimum Gasteiger partial charge on any atom is -0.469 e. The van der Waals surface area contributed by atoms with Crippen LogP contribution in [-0.4, -0.2) is 25.0 Å². The Hall–Kier alpha value is -1.29. The third-order valence-electron chi connectivity index (χ3n) is 3.50. The van der Waals surface area contributed by atoms with Crippen LogP contribution in [0.15, 0.2) is 22.8 Å². The SMILES string of the molecule is CC(CCc1ccco1)NC(=O)C1CCNCC1. The Kier molecular flexibility index (Phi) is 4.81. The van der Waals surface area contributed by atoms with E-state index in [1.807, 2.05) is 12.1 Å². The van der Waals surface area contributed by atoms with Crippen LogP contribution in [0.1, 0.15) is 31.9 Å². The van der Waals surface area contributed by atoms with Gasteiger partial charge in [-0.1, -0.05) is 0 Å². The molecule has 4 heteroatoms. The molecule has 0 aromatic carbocycles. The van der Waals surface area contributed by atoms with E-state index in [1.165, 1.54) is 0 Å². The van der Waals surface area contributed by atoms with Crippen LogP contribution in [0.3, 0.4) is 0 Å². The van der Waals surface area contributed by atoms with E-state index >= 15 is 0 Å². The first kappa shape index (κ1) is 13.1. The molecule has 18 heavy (non-hydrogen) atoms. The second-order valence-corrected chi connectivity index (χ2v) is 5.05. The highest BCUT2D eigenvalue weighted by Crippen LogP contribution is 2.12. The summed E-state index contributed by atoms with van der Waals surface area (Å²) in [4.78, 5) is 12.0. The predicted octanol–water partition coefficient (Wildman–Crippen LogP) is 1.72. The molecule has 0 spiro atoms. The van der Waals surface area contributed by atoms with Gasteiger partial charge < -0.3 is 15.1 Å². The number of nitrogens with one attached hydrogen (secondary N) is 2. The lowest BCUT2D eigenvalue weighted by Gasteiger charge is -2.23. The third-order valence-corrected chi connectivity index (χ3v) is 3.50. The molecular weight excluding hydrogens is 228 g/mol. The van der Waals surface area contributed by atoms with Gasteiger partial charge >= 0.3 is 0 Å². The molecule has 1 aromatic heterocycles. The molecule has 0 bridgehead atoms. The Morgan fingerprint density at radius 2 is 2.33 bits per heavy atom. The Bertz CT molecular complexity index is 356. The summed E-state index contributed by atoms with van der Waals surface area (Å²) in [5.74, 6) is 1.39. The monoisotopic (exact) mass is 250 g/mol. The fourth-order valence-corrected chi connectivity index (χ4v) is 2.33. The first-order valence-corrected chi connectivity index (χ1v) is 6.79. The topological polar surface area (TPSA) is 54.3 Å². The highest BCUT2D eigenvalue weighted by molar-refractivity contribution is 5.79. The van der Waals surface area contributed by atoms with Gasteiger partial charge in [-0.2, -0.15) is 0 Å². The molecule has 1 fully saturated rings. The van der Waals surface area contributed by atoms with E-state index in [0.717, 1.165) is 44.5 Å². The fraction of sp³-hybridized carbons (Fsp3) is 0.643. The van der Waals surface area contributed by atoms with E-state index in [-0.39, 0.29) is 17.9 Å². The molecule has 1 amide bonds. The second kappa shape index (κ2) is 6.59. The zero-order valence-corrected chi connectivity index (χ0v) is 10.9. The average Bonchev–Trinajstić information content (AvgIpc) is 2.90. The van der Waals surface area contributed by atoms with E-state index in [9.17, 15) is 4.79 Å². The van der Waals surface area contributed by atoms with Crippen molar-refractivity contribution < 1.29 is 9.21 Å². The number of furan rings is 1. The average molecular weight is 250 g/mol. The lowest BCUT2D eigenvalue weighted by Crippen LogP contribution is -2.41. The zero-order chi connectivity index (χ0) is 12.8. The van der Waals surface area contributed by atoms with Gasteiger partial charge in [-0.25, -0.2) is 0 Å². The van der Waals surface area contributed by atoms with Gasteiger partial charge in [0.2, 0.25) is 5.91 Å². The molecule has 4 nitrogen and oxygen atoms in total. The van der Waals surface area contributed by atoms with Crippen LogP contribution in [0, 0.1) is 5.92 Å². The number of amides is 1. The predicted molar refractivity (Wildman–Crippen MR) is 70.2 cm³/mol. The molecule has 0 aliphatic carbocycles. The highest BCUT2D eigenvalue weighted by Gasteiger charge is 2.21. The molecular formula is C14H22N2O2. The lowest BCUT2D eigenvalue weighted by molar-refractivity contribution is -0.126. The number of piperidine rings is 1. The molecule has 2 heterocycles. The quantitative estimate of drug-likeness (QED) is 0.836. The van der Waals surface area contributed by atoms with E-state index in [4.69, 9.17) is 4.42 Å². The normalized spacial score (nSPS) is 18.5. The Morgan fingerprint density at radius 1 is 1.56 bits per heavy atom. The van der Waals surface area contributed by atoms with Crippen LogP contribution < -0.4 is 10.6 Å². The molecule has 2 rings (SSSR count). The van der Waals surface area contributed by atoms with Crippen molar-refractivity contribution in [1.29, 1.82) is 0 Å². The summed E-state index contributed by atoms with van der Waals surface area (Å²) in [6.07, 6.45) is 5.39. The molecule has 1 saturated heterocycles. The number of aryl methyl sites for hydroxylation is 1. The van der Waals surface area contributed by atoms with Crippen molar-refractivity contribution in [2.24, 2.45) is 5.92 Å². The van der Waals surface area contributed by atoms with Crippen LogP contribution in [0.2, 0.25) is 0 Å². The molecule has 1 unspecified atom stereocenters. The van der Waals surface area contributed by atoms with Crippen LogP contribution in [-0.2, 0) is 11.2 Å². The molecule has 1 aromatic rings. The fourth-order valence-electron chi connectivity index (χ4n) is 2.33. The zero-order valence-electron chi connectivity index (χ0n) is 10.9. The van der Waals surface area contributed by atoms with Gasteiger partial charge in [-0.05, 0) is 51.4 Å². The Morgan fingerprint density at radius 3 is 3.00 bits per heavy atom. The smallest absolute Gasteiger partial charge is 0.223 e. The standard InChI is InChI=1S/C14H22N2O2/c1-11(4-5-13-3-2-10-18-13)16-14(17)12-6-8-15-9-7-12/h2-3,10-12,15H,4-9H2,1H3,(H,16,17). The highest BCUT2D eigenvalue weighted by atomic mass is 16.3. The molecule has 2 N–H and O–H groups in total. The summed E-state index contributed by atoms with van der Waals surface area (Å²) >= 11 is 0. The van der Waals surface area contributed by atoms with Crippen LogP contribution in [0.4, 0.5) is 0 Å². The summed E-state index contributed by atoms with van der Waals surface area (Å²) in [6.45, 7) is 3.97. The van der Waals surface area contributed by atoms with Crippen molar-refractivity contribution in [2.45, 2.75) is 38.6 Å². The van der Waals surface area contributed by atoms with Crippen molar-refractivity contribution in [3.05, 3.63) is 24.2 Å². The van der Waals surface area contributed by atoms with Gasteiger partial charge in [0.1, 0.15) is 5.76 Å². The van der Waals surface area contributed by atoms with Crippen molar-refractivity contribution in [3.8, 4) is 0 Å². The molecule has 1 atom stereocenters. The molecule has 0 saturated carbocycles. The number of carbonyl (C=O) groups is 1. The largest absolute Gasteiger partial charge is 0.469 e. The summed E-state index contributed by atoms with van der Waals surface area (Å²) < 4.78 is 5.28. The maximum atomic E-state index is 12.0. The van der Waals surface area contributed by atoms with Gasteiger partial charge in [0.25, 0.3) is 0 Å². The summed E-state index contributed by atoms with van der Waals surface area (Å²) in [5.41, 5.74) is 0. The molecule has 1 aliphatic heterocycles. The van der Waals surface area contributed by atoms with Gasteiger partial charge in [0.15, 0.2) is 0 Å². The Balaban J connectivity index is 1.69. The van der Waals surface area contributed by atoms with Gasteiger partial charge in [-0.3, -0.25) is 4.79 Å². The molecule has 1 aliphatic rings. The van der Waals surface area contributed by atoms with E-state index < -0.39 is 0 Å². The summed E-state index contributed by atoms with van der Waals surface area (Å²) in [7, 11) is 0. The van der Waals surface area contributed by atoms with Crippen molar-refractivity contribution in [1.82, 2.24) is 10.6 Å². The van der Waals surface area contributed by atoms with E-state index in [0.29, 0.717) is 0 Å². The van der Waals surface area contributed by atoms with Crippen molar-refractivity contribution in [2.75, 3.05) is 13.1 Å². The van der Waals surface area contributed by atoms with Crippen molar-refractivity contribution in [3.63, 3.8) is 0 Å². The molecule has 100 valence electrons. The minimum atomic E-state index is 0.192. The lowest BCUT2D eigenvalue weighted by atomic mass is 9.96. The number of hydrogen-bond acceptors (Lipinski definition) is 3. The first-order chi connectivity index (χ1) is 8.75. The summed E-state index contributed by atoms with van der Waals surface area (Å²) in [6, 6.07) is 4.08. The second-order valence-electron chi connectivity index (χ2n) is 5.05. The van der Waals surface area contributed by atoms with Gasteiger partial charge in [0, 0.05) is 18.4 Å². The van der Waals surface area contributed by atoms with Gasteiger partial charge in [0.05, 0.1) is 6.26 Å². The van der Waals surface area contributed by atoms with E-state index in [2.05, 4.69) is 17.6 Å². The number of hydrogen-bond donors (Lipinski definition) is 2. The third kappa shape index (κ3) is 3.88. The summed E-state index contributed by atoms with van der Waals surface area (Å²) in [5, 5.41) is 6.38. The van der Waals surface area contributed by atoms with Crippen LogP contribution in [0.5, 0.6) is 0 Å². The number of rotatable bonds is 5. The van der Waals surface area contributed by atoms with E-state index in [1.54, 1.807) is 6.26 Å².